The highest BCUT2D eigenvalue weighted by atomic mass is 32.2. The van der Waals surface area contributed by atoms with Gasteiger partial charge in [0.15, 0.2) is 5.16 Å². The van der Waals surface area contributed by atoms with Crippen molar-refractivity contribution in [2.45, 2.75) is 51.6 Å². The largest absolute Gasteiger partial charge is 0.422 e. The number of rotatable bonds is 6. The number of hydrogen-bond acceptors (Lipinski definition) is 6. The first-order valence-electron chi connectivity index (χ1n) is 11.4. The van der Waals surface area contributed by atoms with Gasteiger partial charge >= 0.3 is 5.63 Å². The lowest BCUT2D eigenvalue weighted by atomic mass is 10.0. The fourth-order valence-corrected chi connectivity index (χ4v) is 5.13. The van der Waals surface area contributed by atoms with Crippen molar-refractivity contribution in [2.75, 3.05) is 0 Å². The van der Waals surface area contributed by atoms with Gasteiger partial charge in [-0.3, -0.25) is 13.8 Å². The number of fused-ring (bicyclic) bond motifs is 4. The Kier molecular flexibility index (Phi) is 5.77. The van der Waals surface area contributed by atoms with Gasteiger partial charge < -0.3 is 4.42 Å². The molecule has 0 radical (unpaired) electrons. The van der Waals surface area contributed by atoms with Crippen LogP contribution >= 0.6 is 11.8 Å². The van der Waals surface area contributed by atoms with Crippen molar-refractivity contribution < 1.29 is 4.42 Å². The number of thioether (sulfide) groups is 1. The zero-order valence-electron chi connectivity index (χ0n) is 19.7. The number of hydrogen-bond donors (Lipinski definition) is 0. The van der Waals surface area contributed by atoms with Crippen LogP contribution in [0, 0.1) is 19.8 Å². The summed E-state index contributed by atoms with van der Waals surface area (Å²) in [5.74, 6) is 1.52. The standard InChI is InChI=1S/C26H26N4O3S/c1-15(2)11-12-29-24(32)20-7-5-6-8-21(20)30-25(29)27-28-26(30)34-14-18-13-22(31)33-23-17(4)16(3)9-10-19(18)23/h5-10,13,15H,11-12,14H2,1-4H3. The van der Waals surface area contributed by atoms with Crippen molar-refractivity contribution in [3.05, 3.63) is 79.9 Å². The quantitative estimate of drug-likeness (QED) is 0.251. The van der Waals surface area contributed by atoms with Gasteiger partial charge in [-0.15, -0.1) is 10.2 Å². The molecule has 3 aromatic heterocycles. The highest BCUT2D eigenvalue weighted by Gasteiger charge is 2.18. The van der Waals surface area contributed by atoms with E-state index in [4.69, 9.17) is 4.42 Å². The van der Waals surface area contributed by atoms with Gasteiger partial charge in [0.25, 0.3) is 5.56 Å². The van der Waals surface area contributed by atoms with Crippen molar-refractivity contribution in [3.8, 4) is 0 Å². The first-order valence-corrected chi connectivity index (χ1v) is 12.4. The van der Waals surface area contributed by atoms with Gasteiger partial charge in [0.2, 0.25) is 5.78 Å². The summed E-state index contributed by atoms with van der Waals surface area (Å²) in [5.41, 5.74) is 3.92. The summed E-state index contributed by atoms with van der Waals surface area (Å²) in [4.78, 5) is 25.5. The second-order valence-electron chi connectivity index (χ2n) is 9.04. The molecule has 0 aliphatic rings. The first kappa shape index (κ1) is 22.4. The monoisotopic (exact) mass is 474 g/mol. The van der Waals surface area contributed by atoms with E-state index in [9.17, 15) is 9.59 Å². The predicted molar refractivity (Wildman–Crippen MR) is 136 cm³/mol. The van der Waals surface area contributed by atoms with Crippen LogP contribution in [0.4, 0.5) is 0 Å². The van der Waals surface area contributed by atoms with Gasteiger partial charge in [-0.1, -0.05) is 49.9 Å². The Bertz CT molecular complexity index is 1660. The van der Waals surface area contributed by atoms with Gasteiger partial charge in [0, 0.05) is 23.8 Å². The van der Waals surface area contributed by atoms with E-state index in [0.29, 0.717) is 40.1 Å². The van der Waals surface area contributed by atoms with E-state index in [1.165, 1.54) is 11.8 Å². The van der Waals surface area contributed by atoms with E-state index < -0.39 is 0 Å². The summed E-state index contributed by atoms with van der Waals surface area (Å²) >= 11 is 1.49. The third-order valence-electron chi connectivity index (χ3n) is 6.28. The Morgan fingerprint density at radius 1 is 1.03 bits per heavy atom. The maximum Gasteiger partial charge on any atom is 0.336 e. The molecule has 2 aromatic carbocycles. The van der Waals surface area contributed by atoms with E-state index in [1.54, 1.807) is 10.6 Å². The molecule has 0 aliphatic carbocycles. The number of nitrogens with zero attached hydrogens (tertiary/aromatic N) is 4. The van der Waals surface area contributed by atoms with Crippen LogP contribution < -0.4 is 11.2 Å². The maximum absolute atomic E-state index is 13.2. The predicted octanol–water partition coefficient (Wildman–Crippen LogP) is 5.11. The normalized spacial score (nSPS) is 11.9. The molecule has 0 N–H and O–H groups in total. The van der Waals surface area contributed by atoms with Crippen molar-refractivity contribution in [2.24, 2.45) is 5.92 Å². The van der Waals surface area contributed by atoms with Gasteiger partial charge in [-0.05, 0) is 55.0 Å². The van der Waals surface area contributed by atoms with Crippen LogP contribution in [0.15, 0.2) is 61.6 Å². The van der Waals surface area contributed by atoms with Crippen molar-refractivity contribution in [3.63, 3.8) is 0 Å². The molecule has 0 saturated heterocycles. The molecule has 0 spiro atoms. The third-order valence-corrected chi connectivity index (χ3v) is 7.26. The molecule has 5 aromatic rings. The molecule has 0 amide bonds. The fraction of sp³-hybridized carbons (Fsp3) is 0.308. The molecule has 0 atom stereocenters. The zero-order valence-corrected chi connectivity index (χ0v) is 20.5. The second kappa shape index (κ2) is 8.76. The summed E-state index contributed by atoms with van der Waals surface area (Å²) in [7, 11) is 0. The Hall–Kier alpha value is -3.39. The van der Waals surface area contributed by atoms with Crippen LogP contribution in [0.5, 0.6) is 0 Å². The molecule has 174 valence electrons. The Labute approximate surface area is 200 Å². The van der Waals surface area contributed by atoms with Crippen LogP contribution in [0.3, 0.4) is 0 Å². The highest BCUT2D eigenvalue weighted by molar-refractivity contribution is 7.98. The number of aromatic nitrogens is 4. The summed E-state index contributed by atoms with van der Waals surface area (Å²) in [6.45, 7) is 8.82. The molecule has 5 rings (SSSR count). The minimum atomic E-state index is -0.365. The molecule has 3 heterocycles. The SMILES string of the molecule is Cc1ccc2c(CSc3nnc4n(CCC(C)C)c(=O)c5ccccc5n34)cc(=O)oc2c1C. The average molecular weight is 475 g/mol. The Balaban J connectivity index is 1.62. The van der Waals surface area contributed by atoms with Gasteiger partial charge in [-0.2, -0.15) is 0 Å². The van der Waals surface area contributed by atoms with E-state index >= 15 is 0 Å². The summed E-state index contributed by atoms with van der Waals surface area (Å²) in [6.07, 6.45) is 0.869. The molecule has 0 bridgehead atoms. The zero-order chi connectivity index (χ0) is 24.0. The van der Waals surface area contributed by atoms with Crippen LogP contribution in [0.25, 0.3) is 27.6 Å². The lowest BCUT2D eigenvalue weighted by Crippen LogP contribution is -2.24. The molecule has 0 saturated carbocycles. The summed E-state index contributed by atoms with van der Waals surface area (Å²) in [6, 6.07) is 13.1. The van der Waals surface area contributed by atoms with Crippen molar-refractivity contribution in [1.82, 2.24) is 19.2 Å². The number of aryl methyl sites for hydroxylation is 3. The molecule has 8 heteroatoms. The molecule has 7 nitrogen and oxygen atoms in total. The van der Waals surface area contributed by atoms with Crippen LogP contribution in [0.1, 0.15) is 37.0 Å². The summed E-state index contributed by atoms with van der Waals surface area (Å²) in [5, 5.41) is 11.1. The smallest absolute Gasteiger partial charge is 0.336 e. The van der Waals surface area contributed by atoms with Crippen LogP contribution in [-0.2, 0) is 12.3 Å². The van der Waals surface area contributed by atoms with E-state index in [0.717, 1.165) is 34.0 Å². The summed E-state index contributed by atoms with van der Waals surface area (Å²) < 4.78 is 9.19. The molecular formula is C26H26N4O3S. The van der Waals surface area contributed by atoms with Crippen molar-refractivity contribution in [1.29, 1.82) is 0 Å². The van der Waals surface area contributed by atoms with E-state index in [1.807, 2.05) is 54.6 Å². The Morgan fingerprint density at radius 2 is 1.82 bits per heavy atom. The lowest BCUT2D eigenvalue weighted by molar-refractivity contribution is 0.512. The lowest BCUT2D eigenvalue weighted by Gasteiger charge is -2.12. The second-order valence-corrected chi connectivity index (χ2v) is 9.98. The van der Waals surface area contributed by atoms with Gasteiger partial charge in [0.05, 0.1) is 10.9 Å². The van der Waals surface area contributed by atoms with Crippen LogP contribution in [-0.4, -0.2) is 19.2 Å². The first-order chi connectivity index (χ1) is 16.3. The van der Waals surface area contributed by atoms with Crippen LogP contribution in [0.2, 0.25) is 0 Å². The highest BCUT2D eigenvalue weighted by Crippen LogP contribution is 2.29. The molecular weight excluding hydrogens is 448 g/mol. The molecule has 34 heavy (non-hydrogen) atoms. The van der Waals surface area contributed by atoms with Gasteiger partial charge in [0.1, 0.15) is 5.58 Å². The molecule has 0 unspecified atom stereocenters. The average Bonchev–Trinajstić information content (AvgIpc) is 3.24. The Morgan fingerprint density at radius 3 is 2.62 bits per heavy atom. The van der Waals surface area contributed by atoms with E-state index in [2.05, 4.69) is 24.0 Å². The number of benzene rings is 2. The molecule has 0 fully saturated rings. The minimum absolute atomic E-state index is 0.0507. The fourth-order valence-electron chi connectivity index (χ4n) is 4.20. The topological polar surface area (TPSA) is 82.4 Å². The third kappa shape index (κ3) is 3.81. The number of para-hydroxylation sites is 1. The minimum Gasteiger partial charge on any atom is -0.422 e. The maximum atomic E-state index is 13.2. The van der Waals surface area contributed by atoms with E-state index in [-0.39, 0.29) is 11.2 Å². The molecule has 0 aliphatic heterocycles. The van der Waals surface area contributed by atoms with Crippen molar-refractivity contribution >= 4 is 39.4 Å². The van der Waals surface area contributed by atoms with Gasteiger partial charge in [-0.25, -0.2) is 4.79 Å².